The Hall–Kier alpha value is -3.62. The van der Waals surface area contributed by atoms with E-state index in [9.17, 15) is 9.59 Å². The maximum absolute atomic E-state index is 12.8. The van der Waals surface area contributed by atoms with Gasteiger partial charge < -0.3 is 15.4 Å². The Morgan fingerprint density at radius 2 is 1.94 bits per heavy atom. The number of anilines is 1. The Kier molecular flexibility index (Phi) is 6.33. The third-order valence-electron chi connectivity index (χ3n) is 5.36. The normalized spacial score (nSPS) is 12.2. The fourth-order valence-corrected chi connectivity index (χ4v) is 5.55. The molecule has 2 N–H and O–H groups in total. The minimum absolute atomic E-state index is 0.173. The molecule has 2 heterocycles. The van der Waals surface area contributed by atoms with Gasteiger partial charge in [0.15, 0.2) is 0 Å². The maximum atomic E-state index is 12.8. The number of nitrogens with zero attached hydrogens (tertiary/aromatic N) is 1. The molecule has 0 unspecified atom stereocenters. The van der Waals surface area contributed by atoms with E-state index in [0.29, 0.717) is 29.8 Å². The predicted molar refractivity (Wildman–Crippen MR) is 134 cm³/mol. The summed E-state index contributed by atoms with van der Waals surface area (Å²) in [5, 5.41) is 6.85. The lowest BCUT2D eigenvalue weighted by Crippen LogP contribution is -2.22. The van der Waals surface area contributed by atoms with Crippen molar-refractivity contribution in [3.63, 3.8) is 0 Å². The van der Waals surface area contributed by atoms with Crippen molar-refractivity contribution >= 4 is 40.6 Å². The topological polar surface area (TPSA) is 80.3 Å². The summed E-state index contributed by atoms with van der Waals surface area (Å²) in [5.74, 6) is 0.444. The second kappa shape index (κ2) is 9.70. The molecule has 1 aliphatic heterocycles. The van der Waals surface area contributed by atoms with Crippen molar-refractivity contribution in [1.82, 2.24) is 10.3 Å². The first kappa shape index (κ1) is 22.2. The Balaban J connectivity index is 1.24. The first-order valence-corrected chi connectivity index (χ1v) is 12.3. The number of carbonyl (C=O) groups excluding carboxylic acids is 2. The molecule has 0 radical (unpaired) electrons. The first-order valence-electron chi connectivity index (χ1n) is 10.7. The second-order valence-corrected chi connectivity index (χ2v) is 9.98. The van der Waals surface area contributed by atoms with Crippen LogP contribution < -0.4 is 15.4 Å². The molecule has 2 amide bonds. The predicted octanol–water partition coefficient (Wildman–Crippen LogP) is 5.39. The number of methoxy groups -OCH3 is 1. The highest BCUT2D eigenvalue weighted by Crippen LogP contribution is 2.39. The molecule has 0 saturated heterocycles. The molecule has 0 bridgehead atoms. The van der Waals surface area contributed by atoms with Gasteiger partial charge in [-0.2, -0.15) is 0 Å². The number of hydrogen-bond acceptors (Lipinski definition) is 6. The van der Waals surface area contributed by atoms with Crippen molar-refractivity contribution in [2.24, 2.45) is 0 Å². The van der Waals surface area contributed by atoms with Crippen LogP contribution in [0.5, 0.6) is 5.75 Å². The molecule has 0 atom stereocenters. The Labute approximate surface area is 205 Å². The molecule has 0 fully saturated rings. The largest absolute Gasteiger partial charge is 0.497 e. The van der Waals surface area contributed by atoms with Gasteiger partial charge in [-0.25, -0.2) is 4.98 Å². The van der Waals surface area contributed by atoms with Crippen LogP contribution in [-0.4, -0.2) is 23.9 Å². The molecular formula is C26H21N3O3S2. The van der Waals surface area contributed by atoms with Crippen LogP contribution in [0.1, 0.15) is 36.2 Å². The Morgan fingerprint density at radius 3 is 2.82 bits per heavy atom. The van der Waals surface area contributed by atoms with Crippen molar-refractivity contribution in [3.05, 3.63) is 99.5 Å². The second-order valence-electron chi connectivity index (χ2n) is 7.69. The molecule has 0 spiro atoms. The van der Waals surface area contributed by atoms with E-state index in [-0.39, 0.29) is 11.8 Å². The summed E-state index contributed by atoms with van der Waals surface area (Å²) in [6.07, 6.45) is 2.51. The van der Waals surface area contributed by atoms with Crippen LogP contribution in [0.4, 0.5) is 5.69 Å². The number of ether oxygens (including phenoxy) is 1. The van der Waals surface area contributed by atoms with Crippen LogP contribution in [0.3, 0.4) is 0 Å². The van der Waals surface area contributed by atoms with E-state index in [4.69, 9.17) is 4.74 Å². The molecule has 1 aliphatic rings. The lowest BCUT2D eigenvalue weighted by atomic mass is 10.1. The van der Waals surface area contributed by atoms with Gasteiger partial charge in [-0.1, -0.05) is 36.0 Å². The summed E-state index contributed by atoms with van der Waals surface area (Å²) in [4.78, 5) is 32.6. The van der Waals surface area contributed by atoms with Crippen LogP contribution in [0.15, 0.2) is 82.7 Å². The SMILES string of the molecule is COc1cccc(Cc2ncc(CNC(=O)c3ccc4c(c3)NC(=O)c3ccccc3S4)s2)c1. The van der Waals surface area contributed by atoms with Gasteiger partial charge in [0.2, 0.25) is 0 Å². The number of fused-ring (bicyclic) bond motifs is 2. The lowest BCUT2D eigenvalue weighted by molar-refractivity contribution is 0.0949. The molecular weight excluding hydrogens is 466 g/mol. The molecule has 0 saturated carbocycles. The summed E-state index contributed by atoms with van der Waals surface area (Å²) in [7, 11) is 1.65. The summed E-state index contributed by atoms with van der Waals surface area (Å²) in [5.41, 5.74) is 2.88. The number of aromatic nitrogens is 1. The number of hydrogen-bond donors (Lipinski definition) is 2. The molecule has 3 aromatic carbocycles. The summed E-state index contributed by atoms with van der Waals surface area (Å²) in [6.45, 7) is 0.387. The number of benzene rings is 3. The third kappa shape index (κ3) is 4.83. The van der Waals surface area contributed by atoms with Crippen molar-refractivity contribution < 1.29 is 14.3 Å². The molecule has 0 aliphatic carbocycles. The zero-order valence-electron chi connectivity index (χ0n) is 18.3. The van der Waals surface area contributed by atoms with E-state index >= 15 is 0 Å². The van der Waals surface area contributed by atoms with E-state index < -0.39 is 0 Å². The van der Waals surface area contributed by atoms with Crippen molar-refractivity contribution in [1.29, 1.82) is 0 Å². The van der Waals surface area contributed by atoms with Crippen LogP contribution in [0.25, 0.3) is 0 Å². The number of thiazole rings is 1. The third-order valence-corrected chi connectivity index (χ3v) is 7.50. The zero-order valence-corrected chi connectivity index (χ0v) is 20.0. The average molecular weight is 488 g/mol. The number of rotatable bonds is 6. The van der Waals surface area contributed by atoms with Crippen LogP contribution >= 0.6 is 23.1 Å². The van der Waals surface area contributed by atoms with E-state index in [0.717, 1.165) is 31.0 Å². The highest BCUT2D eigenvalue weighted by molar-refractivity contribution is 7.99. The van der Waals surface area contributed by atoms with Gasteiger partial charge in [0.25, 0.3) is 11.8 Å². The van der Waals surface area contributed by atoms with Gasteiger partial charge >= 0.3 is 0 Å². The quantitative estimate of drug-likeness (QED) is 0.381. The first-order chi connectivity index (χ1) is 16.6. The number of carbonyl (C=O) groups is 2. The molecule has 5 rings (SSSR count). The van der Waals surface area contributed by atoms with E-state index in [2.05, 4.69) is 15.6 Å². The van der Waals surface area contributed by atoms with Crippen molar-refractivity contribution in [2.75, 3.05) is 12.4 Å². The standard InChI is InChI=1S/C26H21N3O3S2/c1-32-18-6-4-5-16(11-18)12-24-27-14-19(33-24)15-28-25(30)17-9-10-23-21(13-17)29-26(31)20-7-2-3-8-22(20)34-23/h2-11,13-14H,12,15H2,1H3,(H,28,30)(H,29,31). The summed E-state index contributed by atoms with van der Waals surface area (Å²) >= 11 is 3.08. The average Bonchev–Trinajstić information content (AvgIpc) is 3.25. The molecule has 4 aromatic rings. The maximum Gasteiger partial charge on any atom is 0.256 e. The minimum Gasteiger partial charge on any atom is -0.497 e. The zero-order chi connectivity index (χ0) is 23.5. The van der Waals surface area contributed by atoms with Crippen LogP contribution in [0, 0.1) is 0 Å². The molecule has 6 nitrogen and oxygen atoms in total. The fraction of sp³-hybridized carbons (Fsp3) is 0.115. The van der Waals surface area contributed by atoms with Crippen molar-refractivity contribution in [2.45, 2.75) is 22.8 Å². The van der Waals surface area contributed by atoms with Crippen molar-refractivity contribution in [3.8, 4) is 5.75 Å². The molecule has 1 aromatic heterocycles. The van der Waals surface area contributed by atoms with E-state index in [1.54, 1.807) is 42.8 Å². The summed E-state index contributed by atoms with van der Waals surface area (Å²) in [6, 6.07) is 20.8. The lowest BCUT2D eigenvalue weighted by Gasteiger charge is -2.09. The molecule has 170 valence electrons. The van der Waals surface area contributed by atoms with Gasteiger partial charge in [-0.15, -0.1) is 11.3 Å². The summed E-state index contributed by atoms with van der Waals surface area (Å²) < 4.78 is 5.28. The smallest absolute Gasteiger partial charge is 0.256 e. The van der Waals surface area contributed by atoms with Gasteiger partial charge in [0.1, 0.15) is 5.75 Å². The van der Waals surface area contributed by atoms with Gasteiger partial charge in [-0.05, 0) is 48.0 Å². The van der Waals surface area contributed by atoms with Gasteiger partial charge in [0.05, 0.1) is 29.9 Å². The van der Waals surface area contributed by atoms with Crippen LogP contribution in [0.2, 0.25) is 0 Å². The Morgan fingerprint density at radius 1 is 1.06 bits per heavy atom. The van der Waals surface area contributed by atoms with Gasteiger partial charge in [0, 0.05) is 32.8 Å². The number of nitrogens with one attached hydrogen (secondary N) is 2. The molecule has 34 heavy (non-hydrogen) atoms. The highest BCUT2D eigenvalue weighted by Gasteiger charge is 2.20. The highest BCUT2D eigenvalue weighted by atomic mass is 32.2. The minimum atomic E-state index is -0.202. The fourth-order valence-electron chi connectivity index (χ4n) is 3.65. The van der Waals surface area contributed by atoms with Gasteiger partial charge in [-0.3, -0.25) is 9.59 Å². The van der Waals surface area contributed by atoms with Crippen LogP contribution in [-0.2, 0) is 13.0 Å². The van der Waals surface area contributed by atoms with E-state index in [1.807, 2.05) is 48.5 Å². The van der Waals surface area contributed by atoms with E-state index in [1.165, 1.54) is 11.8 Å². The Bertz CT molecular complexity index is 1380. The monoisotopic (exact) mass is 487 g/mol. The molecule has 8 heteroatoms. The number of amides is 2.